The molecule has 150 valence electrons. The fourth-order valence-electron chi connectivity index (χ4n) is 3.05. The summed E-state index contributed by atoms with van der Waals surface area (Å²) < 4.78 is 7.45. The zero-order chi connectivity index (χ0) is 20.3. The lowest BCUT2D eigenvalue weighted by molar-refractivity contribution is -0.123. The SMILES string of the molecule is Cc1ccc(OCC(=O)NCc2cc3n(n2)CCN(C(=O)N(C)C)C3)cc1C. The number of aromatic nitrogens is 2. The lowest BCUT2D eigenvalue weighted by atomic mass is 10.1. The van der Waals surface area contributed by atoms with Crippen LogP contribution in [0.1, 0.15) is 22.5 Å². The van der Waals surface area contributed by atoms with Crippen molar-refractivity contribution < 1.29 is 14.3 Å². The van der Waals surface area contributed by atoms with E-state index in [2.05, 4.69) is 10.4 Å². The molecule has 0 fully saturated rings. The predicted molar refractivity (Wildman–Crippen MR) is 105 cm³/mol. The minimum Gasteiger partial charge on any atom is -0.484 e. The minimum absolute atomic E-state index is 0.00852. The van der Waals surface area contributed by atoms with Gasteiger partial charge in [-0.05, 0) is 43.2 Å². The van der Waals surface area contributed by atoms with Crippen molar-refractivity contribution in [3.63, 3.8) is 0 Å². The molecular formula is C20H27N5O3. The lowest BCUT2D eigenvalue weighted by Gasteiger charge is -2.29. The average molecular weight is 385 g/mol. The number of carbonyl (C=O) groups excluding carboxylic acids is 2. The van der Waals surface area contributed by atoms with E-state index in [0.717, 1.165) is 17.0 Å². The number of urea groups is 1. The van der Waals surface area contributed by atoms with Crippen molar-refractivity contribution in [1.82, 2.24) is 24.9 Å². The molecule has 3 amide bonds. The van der Waals surface area contributed by atoms with Gasteiger partial charge in [-0.1, -0.05) is 6.07 Å². The van der Waals surface area contributed by atoms with Gasteiger partial charge in [0.05, 0.1) is 31.0 Å². The predicted octanol–water partition coefficient (Wildman–Crippen LogP) is 1.69. The maximum Gasteiger partial charge on any atom is 0.319 e. The molecule has 0 spiro atoms. The van der Waals surface area contributed by atoms with E-state index in [1.807, 2.05) is 42.8 Å². The van der Waals surface area contributed by atoms with Gasteiger partial charge in [0, 0.05) is 20.6 Å². The summed E-state index contributed by atoms with van der Waals surface area (Å²) in [6.45, 7) is 6.13. The van der Waals surface area contributed by atoms with E-state index in [1.54, 1.807) is 23.9 Å². The number of fused-ring (bicyclic) bond motifs is 1. The van der Waals surface area contributed by atoms with Crippen LogP contribution in [0.15, 0.2) is 24.3 Å². The molecule has 0 atom stereocenters. The van der Waals surface area contributed by atoms with Crippen LogP contribution in [0.3, 0.4) is 0 Å². The summed E-state index contributed by atoms with van der Waals surface area (Å²) in [6, 6.07) is 7.68. The number of ether oxygens (including phenoxy) is 1. The zero-order valence-corrected chi connectivity index (χ0v) is 16.9. The number of carbonyl (C=O) groups is 2. The Hall–Kier alpha value is -3.03. The molecular weight excluding hydrogens is 358 g/mol. The molecule has 1 N–H and O–H groups in total. The molecule has 1 aromatic heterocycles. The molecule has 8 nitrogen and oxygen atoms in total. The molecule has 0 radical (unpaired) electrons. The molecule has 0 bridgehead atoms. The summed E-state index contributed by atoms with van der Waals surface area (Å²) in [4.78, 5) is 27.5. The van der Waals surface area contributed by atoms with Gasteiger partial charge in [0.1, 0.15) is 5.75 Å². The second kappa shape index (κ2) is 8.33. The standard InChI is InChI=1S/C20H27N5O3/c1-14-5-6-18(9-15(14)2)28-13-19(26)21-11-16-10-17-12-24(20(27)23(3)4)7-8-25(17)22-16/h5-6,9-10H,7-8,11-13H2,1-4H3,(H,21,26). The Labute approximate surface area is 165 Å². The van der Waals surface area contributed by atoms with Crippen LogP contribution in [0.25, 0.3) is 0 Å². The van der Waals surface area contributed by atoms with Gasteiger partial charge in [0.25, 0.3) is 5.91 Å². The summed E-state index contributed by atoms with van der Waals surface area (Å²) in [5.41, 5.74) is 4.06. The molecule has 0 aliphatic carbocycles. The van der Waals surface area contributed by atoms with Crippen LogP contribution >= 0.6 is 0 Å². The van der Waals surface area contributed by atoms with E-state index >= 15 is 0 Å². The van der Waals surface area contributed by atoms with E-state index in [-0.39, 0.29) is 18.5 Å². The topological polar surface area (TPSA) is 79.7 Å². The summed E-state index contributed by atoms with van der Waals surface area (Å²) in [7, 11) is 3.49. The second-order valence-corrected chi connectivity index (χ2v) is 7.26. The zero-order valence-electron chi connectivity index (χ0n) is 16.9. The fourth-order valence-corrected chi connectivity index (χ4v) is 3.05. The average Bonchev–Trinajstić information content (AvgIpc) is 3.08. The summed E-state index contributed by atoms with van der Waals surface area (Å²) >= 11 is 0. The Bertz CT molecular complexity index is 875. The number of benzene rings is 1. The highest BCUT2D eigenvalue weighted by Gasteiger charge is 2.23. The molecule has 0 unspecified atom stereocenters. The Morgan fingerprint density at radius 1 is 1.18 bits per heavy atom. The summed E-state index contributed by atoms with van der Waals surface area (Å²) in [5.74, 6) is 0.481. The molecule has 3 rings (SSSR count). The normalized spacial score (nSPS) is 13.1. The highest BCUT2D eigenvalue weighted by Crippen LogP contribution is 2.17. The number of rotatable bonds is 5. The maximum atomic E-state index is 12.1. The van der Waals surface area contributed by atoms with Crippen molar-refractivity contribution in [2.45, 2.75) is 33.5 Å². The molecule has 0 saturated carbocycles. The molecule has 1 aromatic carbocycles. The van der Waals surface area contributed by atoms with Gasteiger partial charge in [-0.15, -0.1) is 0 Å². The second-order valence-electron chi connectivity index (χ2n) is 7.26. The van der Waals surface area contributed by atoms with Crippen molar-refractivity contribution in [3.05, 3.63) is 46.8 Å². The van der Waals surface area contributed by atoms with E-state index in [9.17, 15) is 9.59 Å². The van der Waals surface area contributed by atoms with Gasteiger partial charge in [-0.2, -0.15) is 5.10 Å². The molecule has 8 heteroatoms. The molecule has 1 aliphatic rings. The van der Waals surface area contributed by atoms with Gasteiger partial charge in [0.2, 0.25) is 0 Å². The summed E-state index contributed by atoms with van der Waals surface area (Å²) in [6.07, 6.45) is 0. The Balaban J connectivity index is 1.49. The van der Waals surface area contributed by atoms with Crippen LogP contribution in [-0.2, 0) is 24.4 Å². The van der Waals surface area contributed by atoms with E-state index in [4.69, 9.17) is 4.74 Å². The monoisotopic (exact) mass is 385 g/mol. The third-order valence-corrected chi connectivity index (χ3v) is 4.82. The fraction of sp³-hybridized carbons (Fsp3) is 0.450. The summed E-state index contributed by atoms with van der Waals surface area (Å²) in [5, 5.41) is 7.34. The van der Waals surface area contributed by atoms with Crippen LogP contribution < -0.4 is 10.1 Å². The number of hydrogen-bond acceptors (Lipinski definition) is 4. The quantitative estimate of drug-likeness (QED) is 0.850. The minimum atomic E-state index is -0.200. The number of nitrogens with zero attached hydrogens (tertiary/aromatic N) is 4. The first-order chi connectivity index (χ1) is 13.3. The first kappa shape index (κ1) is 19.7. The van der Waals surface area contributed by atoms with Gasteiger partial charge >= 0.3 is 6.03 Å². The van der Waals surface area contributed by atoms with Gasteiger partial charge in [-0.3, -0.25) is 9.48 Å². The van der Waals surface area contributed by atoms with Crippen LogP contribution in [0, 0.1) is 13.8 Å². The highest BCUT2D eigenvalue weighted by atomic mass is 16.5. The van der Waals surface area contributed by atoms with E-state index in [1.165, 1.54) is 5.56 Å². The van der Waals surface area contributed by atoms with Gasteiger partial charge in [-0.25, -0.2) is 4.79 Å². The number of nitrogens with one attached hydrogen (secondary N) is 1. The maximum absolute atomic E-state index is 12.1. The molecule has 2 aromatic rings. The van der Waals surface area contributed by atoms with E-state index in [0.29, 0.717) is 31.9 Å². The van der Waals surface area contributed by atoms with Crippen molar-refractivity contribution in [3.8, 4) is 5.75 Å². The molecule has 1 aliphatic heterocycles. The van der Waals surface area contributed by atoms with Crippen molar-refractivity contribution in [2.75, 3.05) is 27.2 Å². The number of amides is 3. The third kappa shape index (κ3) is 4.62. The molecule has 0 saturated heterocycles. The Kier molecular flexibility index (Phi) is 5.87. The first-order valence-corrected chi connectivity index (χ1v) is 9.32. The Morgan fingerprint density at radius 2 is 1.96 bits per heavy atom. The van der Waals surface area contributed by atoms with Crippen molar-refractivity contribution in [1.29, 1.82) is 0 Å². The third-order valence-electron chi connectivity index (χ3n) is 4.82. The van der Waals surface area contributed by atoms with Gasteiger partial charge < -0.3 is 19.9 Å². The Morgan fingerprint density at radius 3 is 2.68 bits per heavy atom. The van der Waals surface area contributed by atoms with Gasteiger partial charge in [0.15, 0.2) is 6.61 Å². The molecule has 28 heavy (non-hydrogen) atoms. The van der Waals surface area contributed by atoms with Crippen LogP contribution in [0.4, 0.5) is 4.79 Å². The smallest absolute Gasteiger partial charge is 0.319 e. The van der Waals surface area contributed by atoms with Crippen molar-refractivity contribution in [2.24, 2.45) is 0 Å². The largest absolute Gasteiger partial charge is 0.484 e. The van der Waals surface area contributed by atoms with Crippen LogP contribution in [0.2, 0.25) is 0 Å². The van der Waals surface area contributed by atoms with Crippen LogP contribution in [-0.4, -0.2) is 58.8 Å². The lowest BCUT2D eigenvalue weighted by Crippen LogP contribution is -2.43. The van der Waals surface area contributed by atoms with E-state index < -0.39 is 0 Å². The number of hydrogen-bond donors (Lipinski definition) is 1. The first-order valence-electron chi connectivity index (χ1n) is 9.32. The highest BCUT2D eigenvalue weighted by molar-refractivity contribution is 5.77. The number of aryl methyl sites for hydroxylation is 2. The van der Waals surface area contributed by atoms with Crippen molar-refractivity contribution >= 4 is 11.9 Å². The van der Waals surface area contributed by atoms with Crippen LogP contribution in [0.5, 0.6) is 5.75 Å². The molecule has 2 heterocycles.